The van der Waals surface area contributed by atoms with E-state index in [1.807, 2.05) is 13.8 Å². The van der Waals surface area contributed by atoms with Crippen LogP contribution in [-0.4, -0.2) is 32.3 Å². The number of nitrogens with zero attached hydrogens (tertiary/aromatic N) is 5. The first kappa shape index (κ1) is 16.4. The fraction of sp³-hybridized carbons (Fsp3) is 0.400. The Morgan fingerprint density at radius 1 is 1.43 bits per heavy atom. The van der Waals surface area contributed by atoms with Crippen LogP contribution in [0, 0.1) is 11.3 Å². The molecule has 0 atom stereocenters. The summed E-state index contributed by atoms with van der Waals surface area (Å²) in [6.45, 7) is 5.90. The van der Waals surface area contributed by atoms with Gasteiger partial charge in [0.05, 0.1) is 6.61 Å². The van der Waals surface area contributed by atoms with Crippen molar-refractivity contribution in [3.05, 3.63) is 23.8 Å². The molecule has 2 aromatic heterocycles. The molecule has 2 aromatic rings. The molecule has 2 N–H and O–H groups in total. The molecule has 0 saturated heterocycles. The number of aromatic nitrogens is 4. The number of rotatable bonds is 5. The van der Waals surface area contributed by atoms with E-state index in [-0.39, 0.29) is 18.4 Å². The molecule has 0 aromatic carbocycles. The molecular weight excluding hydrogens is 296 g/mol. The van der Waals surface area contributed by atoms with Gasteiger partial charge in [-0.05, 0) is 20.8 Å². The van der Waals surface area contributed by atoms with E-state index in [2.05, 4.69) is 21.1 Å². The van der Waals surface area contributed by atoms with Gasteiger partial charge in [0.1, 0.15) is 35.4 Å². The average molecular weight is 314 g/mol. The van der Waals surface area contributed by atoms with Crippen molar-refractivity contribution in [3.8, 4) is 17.3 Å². The van der Waals surface area contributed by atoms with Crippen molar-refractivity contribution in [1.82, 2.24) is 19.7 Å². The smallest absolute Gasteiger partial charge is 0.313 e. The molecule has 23 heavy (non-hydrogen) atoms. The lowest BCUT2D eigenvalue weighted by Crippen LogP contribution is -2.10. The summed E-state index contributed by atoms with van der Waals surface area (Å²) in [5.74, 6) is 0.279. The van der Waals surface area contributed by atoms with Crippen LogP contribution < -0.4 is 5.73 Å². The van der Waals surface area contributed by atoms with Gasteiger partial charge in [0.25, 0.3) is 0 Å². The Hall–Kier alpha value is -2.95. The number of hydrogen-bond donors (Lipinski definition) is 1. The molecule has 0 unspecified atom stereocenters. The number of nitriles is 1. The van der Waals surface area contributed by atoms with E-state index in [0.717, 1.165) is 0 Å². The fourth-order valence-electron chi connectivity index (χ4n) is 2.06. The molecule has 2 rings (SSSR count). The van der Waals surface area contributed by atoms with Gasteiger partial charge in [0.15, 0.2) is 0 Å². The van der Waals surface area contributed by atoms with E-state index >= 15 is 0 Å². The lowest BCUT2D eigenvalue weighted by atomic mass is 10.1. The van der Waals surface area contributed by atoms with Gasteiger partial charge in [-0.3, -0.25) is 4.79 Å². The third kappa shape index (κ3) is 3.45. The van der Waals surface area contributed by atoms with E-state index in [0.29, 0.717) is 35.1 Å². The van der Waals surface area contributed by atoms with Crippen LogP contribution in [0.2, 0.25) is 0 Å². The molecule has 0 bridgehead atoms. The maximum absolute atomic E-state index is 11.4. The molecule has 2 heterocycles. The van der Waals surface area contributed by atoms with Crippen molar-refractivity contribution in [1.29, 1.82) is 5.26 Å². The summed E-state index contributed by atoms with van der Waals surface area (Å²) in [6, 6.07) is 2.09. The molecule has 0 spiro atoms. The lowest BCUT2D eigenvalue weighted by Gasteiger charge is -2.06. The second-order valence-corrected chi connectivity index (χ2v) is 5.13. The van der Waals surface area contributed by atoms with Crippen LogP contribution >= 0.6 is 0 Å². The molecular formula is C15H18N6O2. The van der Waals surface area contributed by atoms with E-state index in [1.165, 1.54) is 12.4 Å². The lowest BCUT2D eigenvalue weighted by molar-refractivity contribution is -0.142. The molecule has 0 amide bonds. The Bertz CT molecular complexity index is 743. The molecule has 8 heteroatoms. The third-order valence-electron chi connectivity index (χ3n) is 3.13. The van der Waals surface area contributed by atoms with Crippen LogP contribution in [0.25, 0.3) is 11.3 Å². The van der Waals surface area contributed by atoms with Crippen molar-refractivity contribution < 1.29 is 9.53 Å². The number of carbonyl (C=O) groups is 1. The number of nitrogen functional groups attached to an aromatic ring is 1. The number of anilines is 1. The van der Waals surface area contributed by atoms with Crippen molar-refractivity contribution in [2.45, 2.75) is 33.2 Å². The second-order valence-electron chi connectivity index (χ2n) is 5.13. The van der Waals surface area contributed by atoms with Crippen LogP contribution in [0.4, 0.5) is 5.82 Å². The van der Waals surface area contributed by atoms with Crippen molar-refractivity contribution in [2.75, 3.05) is 12.3 Å². The molecule has 0 fully saturated rings. The van der Waals surface area contributed by atoms with E-state index < -0.39 is 0 Å². The van der Waals surface area contributed by atoms with Crippen LogP contribution in [0.3, 0.4) is 0 Å². The van der Waals surface area contributed by atoms with Gasteiger partial charge in [-0.15, -0.1) is 0 Å². The van der Waals surface area contributed by atoms with Crippen molar-refractivity contribution >= 4 is 11.8 Å². The Morgan fingerprint density at radius 2 is 2.09 bits per heavy atom. The summed E-state index contributed by atoms with van der Waals surface area (Å²) < 4.78 is 6.43. The molecule has 0 aliphatic heterocycles. The monoisotopic (exact) mass is 314 g/mol. The predicted octanol–water partition coefficient (Wildman–Crippen LogP) is 1.48. The summed E-state index contributed by atoms with van der Waals surface area (Å²) in [6.07, 6.45) is 3.05. The topological polar surface area (TPSA) is 120 Å². The molecule has 120 valence electrons. The highest BCUT2D eigenvalue weighted by Gasteiger charge is 2.19. The Morgan fingerprint density at radius 3 is 2.61 bits per heavy atom. The highest BCUT2D eigenvalue weighted by molar-refractivity contribution is 5.73. The first-order valence-electron chi connectivity index (χ1n) is 7.22. The minimum atomic E-state index is -0.383. The van der Waals surface area contributed by atoms with Crippen molar-refractivity contribution in [3.63, 3.8) is 0 Å². The minimum Gasteiger partial charge on any atom is -0.466 e. The van der Waals surface area contributed by atoms with Gasteiger partial charge in [-0.1, -0.05) is 0 Å². The first-order valence-corrected chi connectivity index (χ1v) is 7.22. The van der Waals surface area contributed by atoms with Crippen molar-refractivity contribution in [2.24, 2.45) is 0 Å². The highest BCUT2D eigenvalue weighted by atomic mass is 16.5. The zero-order valence-corrected chi connectivity index (χ0v) is 13.3. The van der Waals surface area contributed by atoms with Crippen LogP contribution in [0.5, 0.6) is 0 Å². The van der Waals surface area contributed by atoms with Crippen LogP contribution in [0.15, 0.2) is 12.4 Å². The summed E-state index contributed by atoms with van der Waals surface area (Å²) in [7, 11) is 0. The van der Waals surface area contributed by atoms with Gasteiger partial charge < -0.3 is 10.5 Å². The molecule has 0 aliphatic rings. The normalized spacial score (nSPS) is 10.6. The van der Waals surface area contributed by atoms with E-state index in [4.69, 9.17) is 10.5 Å². The first-order chi connectivity index (χ1) is 11.0. The summed E-state index contributed by atoms with van der Waals surface area (Å²) in [5, 5.41) is 13.7. The Kier molecular flexibility index (Phi) is 4.91. The highest BCUT2D eigenvalue weighted by Crippen LogP contribution is 2.27. The number of nitrogens with two attached hydrogens (primary N) is 1. The van der Waals surface area contributed by atoms with E-state index in [9.17, 15) is 10.1 Å². The Labute approximate surface area is 133 Å². The third-order valence-corrected chi connectivity index (χ3v) is 3.13. The standard InChI is InChI=1S/C15H18N6O2/c1-4-23-13(22)5-12-18-7-10(8-19-12)14-11(6-16)15(17)21(20-14)9(2)3/h7-9H,4-5,17H2,1-3H3. The quantitative estimate of drug-likeness (QED) is 0.830. The summed E-state index contributed by atoms with van der Waals surface area (Å²) >= 11 is 0. The van der Waals surface area contributed by atoms with Gasteiger partial charge >= 0.3 is 5.97 Å². The number of carbonyl (C=O) groups excluding carboxylic acids is 1. The maximum Gasteiger partial charge on any atom is 0.313 e. The van der Waals surface area contributed by atoms with Gasteiger partial charge in [0, 0.05) is 24.0 Å². The van der Waals surface area contributed by atoms with E-state index in [1.54, 1.807) is 11.6 Å². The summed E-state index contributed by atoms with van der Waals surface area (Å²) in [4.78, 5) is 19.7. The maximum atomic E-state index is 11.4. The number of hydrogen-bond acceptors (Lipinski definition) is 7. The number of esters is 1. The zero-order valence-electron chi connectivity index (χ0n) is 13.3. The molecule has 0 aliphatic carbocycles. The second kappa shape index (κ2) is 6.87. The van der Waals surface area contributed by atoms with Gasteiger partial charge in [-0.2, -0.15) is 10.4 Å². The SMILES string of the molecule is CCOC(=O)Cc1ncc(-c2nn(C(C)C)c(N)c2C#N)cn1. The zero-order chi connectivity index (χ0) is 17.0. The Balaban J connectivity index is 2.31. The molecule has 0 radical (unpaired) electrons. The number of ether oxygens (including phenoxy) is 1. The van der Waals surface area contributed by atoms with Gasteiger partial charge in [-0.25, -0.2) is 14.6 Å². The fourth-order valence-corrected chi connectivity index (χ4v) is 2.06. The molecule has 0 saturated carbocycles. The minimum absolute atomic E-state index is 0.00179. The molecule has 8 nitrogen and oxygen atoms in total. The van der Waals surface area contributed by atoms with Gasteiger partial charge in [0.2, 0.25) is 0 Å². The summed E-state index contributed by atoms with van der Waals surface area (Å²) in [5.41, 5.74) is 7.25. The predicted molar refractivity (Wildman–Crippen MR) is 83.1 cm³/mol. The van der Waals surface area contributed by atoms with Crippen LogP contribution in [-0.2, 0) is 16.0 Å². The van der Waals surface area contributed by atoms with Crippen LogP contribution in [0.1, 0.15) is 38.2 Å². The largest absolute Gasteiger partial charge is 0.466 e. The average Bonchev–Trinajstić information content (AvgIpc) is 2.85.